The van der Waals surface area contributed by atoms with Crippen LogP contribution in [0.2, 0.25) is 0 Å². The minimum atomic E-state index is -0.212. The number of para-hydroxylation sites is 1. The maximum atomic E-state index is 13.2. The van der Waals surface area contributed by atoms with E-state index in [-0.39, 0.29) is 11.9 Å². The SMILES string of the molecule is C[C@@H](c1ccc(F)cc1)N1CCN(c2cc(Oc3cccc4ncc(N)nc34)ncn2)CC1. The molecule has 2 N–H and O–H groups in total. The molecule has 0 aliphatic carbocycles. The fraction of sp³-hybridized carbons (Fsp3) is 0.250. The van der Waals surface area contributed by atoms with Crippen LogP contribution in [0.1, 0.15) is 18.5 Å². The van der Waals surface area contributed by atoms with Crippen LogP contribution < -0.4 is 15.4 Å². The highest BCUT2D eigenvalue weighted by molar-refractivity contribution is 5.82. The standard InChI is InChI=1S/C24H24FN7O/c1-16(17-5-7-18(25)8-6-17)31-9-11-32(12-10-31)22-13-23(29-15-28-22)33-20-4-2-3-19-24(20)30-21(26)14-27-19/h2-8,13-16H,9-12H2,1H3,(H2,26,30)/t16-/m0/s1. The maximum Gasteiger partial charge on any atom is 0.224 e. The predicted octanol–water partition coefficient (Wildman–Crippen LogP) is 3.82. The summed E-state index contributed by atoms with van der Waals surface area (Å²) < 4.78 is 19.3. The number of anilines is 2. The summed E-state index contributed by atoms with van der Waals surface area (Å²) >= 11 is 0. The summed E-state index contributed by atoms with van der Waals surface area (Å²) in [6.45, 7) is 5.53. The van der Waals surface area contributed by atoms with Crippen molar-refractivity contribution in [3.05, 3.63) is 72.4 Å². The van der Waals surface area contributed by atoms with Gasteiger partial charge in [0.05, 0.1) is 11.7 Å². The Kier molecular flexibility index (Phi) is 5.70. The molecule has 8 nitrogen and oxygen atoms in total. The molecule has 3 heterocycles. The van der Waals surface area contributed by atoms with Gasteiger partial charge >= 0.3 is 0 Å². The number of fused-ring (bicyclic) bond motifs is 1. The zero-order valence-electron chi connectivity index (χ0n) is 18.2. The summed E-state index contributed by atoms with van der Waals surface area (Å²) in [5.41, 5.74) is 8.20. The van der Waals surface area contributed by atoms with Gasteiger partial charge in [-0.2, -0.15) is 0 Å². The molecule has 5 rings (SSSR count). The minimum Gasteiger partial charge on any atom is -0.436 e. The van der Waals surface area contributed by atoms with E-state index in [9.17, 15) is 4.39 Å². The minimum absolute atomic E-state index is 0.212. The van der Waals surface area contributed by atoms with E-state index in [0.29, 0.717) is 28.5 Å². The molecule has 0 spiro atoms. The third-order valence-electron chi connectivity index (χ3n) is 5.93. The average molecular weight is 446 g/mol. The van der Waals surface area contributed by atoms with Crippen molar-refractivity contribution in [1.29, 1.82) is 0 Å². The number of nitrogens with zero attached hydrogens (tertiary/aromatic N) is 6. The highest BCUT2D eigenvalue weighted by atomic mass is 19.1. The summed E-state index contributed by atoms with van der Waals surface area (Å²) in [7, 11) is 0. The van der Waals surface area contributed by atoms with Crippen LogP contribution in [0.15, 0.2) is 61.1 Å². The van der Waals surface area contributed by atoms with E-state index < -0.39 is 0 Å². The van der Waals surface area contributed by atoms with Gasteiger partial charge in [-0.15, -0.1) is 0 Å². The first-order valence-corrected chi connectivity index (χ1v) is 10.8. The third-order valence-corrected chi connectivity index (χ3v) is 5.93. The Bertz CT molecular complexity index is 1260. The Balaban J connectivity index is 1.28. The Morgan fingerprint density at radius 2 is 1.79 bits per heavy atom. The highest BCUT2D eigenvalue weighted by Crippen LogP contribution is 2.29. The van der Waals surface area contributed by atoms with Crippen molar-refractivity contribution in [1.82, 2.24) is 24.8 Å². The van der Waals surface area contributed by atoms with Gasteiger partial charge in [-0.05, 0) is 36.8 Å². The molecule has 2 aromatic heterocycles. The fourth-order valence-electron chi connectivity index (χ4n) is 4.07. The van der Waals surface area contributed by atoms with E-state index in [2.05, 4.69) is 36.7 Å². The van der Waals surface area contributed by atoms with Crippen LogP contribution >= 0.6 is 0 Å². The third kappa shape index (κ3) is 4.54. The molecule has 2 aromatic carbocycles. The van der Waals surface area contributed by atoms with Gasteiger partial charge in [0.2, 0.25) is 5.88 Å². The number of nitrogen functional groups attached to an aromatic ring is 1. The molecule has 4 aromatic rings. The largest absolute Gasteiger partial charge is 0.436 e. The molecular weight excluding hydrogens is 421 g/mol. The molecule has 0 bridgehead atoms. The fourth-order valence-corrected chi connectivity index (χ4v) is 4.07. The number of aromatic nitrogens is 4. The number of hydrogen-bond acceptors (Lipinski definition) is 8. The number of ether oxygens (including phenoxy) is 1. The lowest BCUT2D eigenvalue weighted by Crippen LogP contribution is -2.47. The van der Waals surface area contributed by atoms with E-state index in [0.717, 1.165) is 37.6 Å². The van der Waals surface area contributed by atoms with Gasteiger partial charge in [0.1, 0.15) is 29.3 Å². The first-order valence-electron chi connectivity index (χ1n) is 10.8. The molecule has 168 valence electrons. The second kappa shape index (κ2) is 8.95. The Morgan fingerprint density at radius 1 is 1.00 bits per heavy atom. The summed E-state index contributed by atoms with van der Waals surface area (Å²) in [5, 5.41) is 0. The van der Waals surface area contributed by atoms with Crippen LogP contribution in [0.5, 0.6) is 11.6 Å². The molecular formula is C24H24FN7O. The van der Waals surface area contributed by atoms with Gasteiger partial charge < -0.3 is 15.4 Å². The predicted molar refractivity (Wildman–Crippen MR) is 125 cm³/mol. The smallest absolute Gasteiger partial charge is 0.224 e. The van der Waals surface area contributed by atoms with Crippen molar-refractivity contribution in [2.75, 3.05) is 36.8 Å². The molecule has 33 heavy (non-hydrogen) atoms. The summed E-state index contributed by atoms with van der Waals surface area (Å²) in [6.07, 6.45) is 3.02. The van der Waals surface area contributed by atoms with Crippen LogP contribution in [0, 0.1) is 5.82 Å². The Morgan fingerprint density at radius 3 is 2.58 bits per heavy atom. The van der Waals surface area contributed by atoms with E-state index in [4.69, 9.17) is 10.5 Å². The lowest BCUT2D eigenvalue weighted by atomic mass is 10.1. The van der Waals surface area contributed by atoms with Gasteiger partial charge in [-0.3, -0.25) is 9.88 Å². The second-order valence-corrected chi connectivity index (χ2v) is 7.99. The highest BCUT2D eigenvalue weighted by Gasteiger charge is 2.23. The molecule has 0 unspecified atom stereocenters. The van der Waals surface area contributed by atoms with E-state index in [1.54, 1.807) is 0 Å². The average Bonchev–Trinajstić information content (AvgIpc) is 2.85. The summed E-state index contributed by atoms with van der Waals surface area (Å²) in [4.78, 5) is 22.0. The molecule has 0 amide bonds. The Hall–Kier alpha value is -3.85. The topological polar surface area (TPSA) is 93.3 Å². The zero-order valence-corrected chi connectivity index (χ0v) is 18.2. The summed E-state index contributed by atoms with van der Waals surface area (Å²) in [6, 6.07) is 14.3. The number of hydrogen-bond donors (Lipinski definition) is 1. The van der Waals surface area contributed by atoms with Crippen LogP contribution in [-0.4, -0.2) is 51.0 Å². The molecule has 1 atom stereocenters. The van der Waals surface area contributed by atoms with Crippen molar-refractivity contribution in [2.45, 2.75) is 13.0 Å². The lowest BCUT2D eigenvalue weighted by Gasteiger charge is -2.38. The van der Waals surface area contributed by atoms with Crippen molar-refractivity contribution >= 4 is 22.7 Å². The zero-order chi connectivity index (χ0) is 22.8. The van der Waals surface area contributed by atoms with E-state index in [1.807, 2.05) is 36.4 Å². The van der Waals surface area contributed by atoms with Crippen LogP contribution in [-0.2, 0) is 0 Å². The maximum absolute atomic E-state index is 13.2. The number of benzene rings is 2. The molecule has 0 radical (unpaired) electrons. The summed E-state index contributed by atoms with van der Waals surface area (Å²) in [5.74, 6) is 1.89. The van der Waals surface area contributed by atoms with Crippen LogP contribution in [0.4, 0.5) is 16.0 Å². The normalized spacial score (nSPS) is 15.5. The van der Waals surface area contributed by atoms with Crippen molar-refractivity contribution in [3.63, 3.8) is 0 Å². The van der Waals surface area contributed by atoms with Crippen molar-refractivity contribution < 1.29 is 9.13 Å². The number of halogens is 1. The number of nitrogens with two attached hydrogens (primary N) is 1. The Labute approximate surface area is 190 Å². The van der Waals surface area contributed by atoms with Gasteiger partial charge in [0.25, 0.3) is 0 Å². The van der Waals surface area contributed by atoms with Gasteiger partial charge in [0, 0.05) is 38.3 Å². The van der Waals surface area contributed by atoms with Crippen LogP contribution in [0.25, 0.3) is 11.0 Å². The molecule has 0 saturated carbocycles. The van der Waals surface area contributed by atoms with E-state index >= 15 is 0 Å². The quantitative estimate of drug-likeness (QED) is 0.496. The second-order valence-electron chi connectivity index (χ2n) is 7.99. The molecule has 1 aliphatic rings. The molecule has 1 fully saturated rings. The van der Waals surface area contributed by atoms with Gasteiger partial charge in [-0.1, -0.05) is 18.2 Å². The number of rotatable bonds is 5. The first kappa shape index (κ1) is 21.0. The van der Waals surface area contributed by atoms with E-state index in [1.165, 1.54) is 24.7 Å². The molecule has 1 saturated heterocycles. The first-order chi connectivity index (χ1) is 16.1. The van der Waals surface area contributed by atoms with Gasteiger partial charge in [-0.25, -0.2) is 19.3 Å². The van der Waals surface area contributed by atoms with Crippen molar-refractivity contribution in [3.8, 4) is 11.6 Å². The van der Waals surface area contributed by atoms with Crippen LogP contribution in [0.3, 0.4) is 0 Å². The monoisotopic (exact) mass is 445 g/mol. The lowest BCUT2D eigenvalue weighted by molar-refractivity contribution is 0.198. The molecule has 1 aliphatic heterocycles. The van der Waals surface area contributed by atoms with Crippen molar-refractivity contribution in [2.24, 2.45) is 0 Å². The number of piperazine rings is 1. The molecule has 9 heteroatoms. The van der Waals surface area contributed by atoms with Gasteiger partial charge in [0.15, 0.2) is 5.75 Å².